The number of carbonyl (C=O) groups excluding carboxylic acids is 2. The van der Waals surface area contributed by atoms with Crippen molar-refractivity contribution in [2.24, 2.45) is 5.92 Å². The first-order valence-electron chi connectivity index (χ1n) is 14.9. The van der Waals surface area contributed by atoms with Crippen LogP contribution < -0.4 is 9.80 Å². The number of rotatable bonds is 9. The topological polar surface area (TPSA) is 101 Å². The number of hydrogen-bond donors (Lipinski definition) is 1. The largest absolute Gasteiger partial charge is 0.396 e. The molecule has 9 nitrogen and oxygen atoms in total. The van der Waals surface area contributed by atoms with E-state index in [4.69, 9.17) is 4.74 Å². The number of nitrogens with zero attached hydrogens (tertiary/aromatic N) is 5. The van der Waals surface area contributed by atoms with Gasteiger partial charge in [0.15, 0.2) is 5.60 Å². The second-order valence-corrected chi connectivity index (χ2v) is 17.1. The molecule has 12 heteroatoms. The third-order valence-corrected chi connectivity index (χ3v) is 12.1. The molecule has 2 fully saturated rings. The zero-order valence-electron chi connectivity index (χ0n) is 24.7. The number of fused-ring (bicyclic) bond motifs is 2. The molecule has 0 aliphatic carbocycles. The third kappa shape index (κ3) is 5.36. The summed E-state index contributed by atoms with van der Waals surface area (Å²) in [4.78, 5) is 30.4. The highest BCUT2D eigenvalue weighted by Gasteiger charge is 2.66. The Balaban J connectivity index is 1.30. The Morgan fingerprint density at radius 1 is 1.19 bits per heavy atom. The molecular weight excluding hydrogens is 633 g/mol. The number of anilines is 2. The van der Waals surface area contributed by atoms with E-state index < -0.39 is 25.7 Å². The fourth-order valence-corrected chi connectivity index (χ4v) is 10.2. The van der Waals surface area contributed by atoms with Gasteiger partial charge in [-0.15, -0.1) is 5.10 Å². The fourth-order valence-electron chi connectivity index (χ4n) is 7.27. The molecule has 1 N–H and O–H groups in total. The standard InChI is InChI=1S/C31H37BrFN5O4Si/c1-20-29(43(2,3)33)27(12-15-36-19-23(13-16-39)34-35-36)42-31(20)25-17-22(32)8-11-26(25)38(30(31)41)18-21-6-9-24(10-7-21)37-14-4-5-28(37)40/h6-11,17,19-20,27,29,39H,4-5,12-16,18H2,1-3H3/t20-,27+,29-,31+/m0/s1. The maximum Gasteiger partial charge on any atom is 0.264 e. The number of carbonyl (C=O) groups is 2. The van der Waals surface area contributed by atoms with Crippen LogP contribution in [-0.2, 0) is 39.4 Å². The van der Waals surface area contributed by atoms with E-state index in [1.54, 1.807) is 33.8 Å². The molecule has 3 aliphatic rings. The molecule has 2 saturated heterocycles. The summed E-state index contributed by atoms with van der Waals surface area (Å²) in [5.74, 6) is -0.434. The van der Waals surface area contributed by atoms with Crippen LogP contribution in [0, 0.1) is 5.92 Å². The van der Waals surface area contributed by atoms with Crippen LogP contribution in [0.5, 0.6) is 0 Å². The second-order valence-electron chi connectivity index (χ2n) is 12.4. The molecule has 1 spiro atoms. The van der Waals surface area contributed by atoms with E-state index in [1.165, 1.54) is 0 Å². The van der Waals surface area contributed by atoms with E-state index in [-0.39, 0.29) is 24.3 Å². The maximum absolute atomic E-state index is 16.1. The molecule has 4 atom stereocenters. The molecule has 1 aromatic heterocycles. The smallest absolute Gasteiger partial charge is 0.264 e. The summed E-state index contributed by atoms with van der Waals surface area (Å²) in [6.07, 6.45) is 3.63. The first-order chi connectivity index (χ1) is 20.5. The van der Waals surface area contributed by atoms with E-state index in [9.17, 15) is 14.7 Å². The van der Waals surface area contributed by atoms with Crippen molar-refractivity contribution in [1.29, 1.82) is 0 Å². The van der Waals surface area contributed by atoms with Crippen LogP contribution in [0.2, 0.25) is 18.6 Å². The lowest BCUT2D eigenvalue weighted by Gasteiger charge is -2.31. The average molecular weight is 671 g/mol. The minimum Gasteiger partial charge on any atom is -0.396 e. The normalized spacial score (nSPS) is 25.4. The first kappa shape index (κ1) is 30.1. The Morgan fingerprint density at radius 3 is 2.63 bits per heavy atom. The predicted molar refractivity (Wildman–Crippen MR) is 167 cm³/mol. The molecule has 0 unspecified atom stereocenters. The van der Waals surface area contributed by atoms with Gasteiger partial charge in [-0.1, -0.05) is 40.2 Å². The minimum absolute atomic E-state index is 0.00990. The van der Waals surface area contributed by atoms with Gasteiger partial charge in [-0.3, -0.25) is 14.3 Å². The van der Waals surface area contributed by atoms with Gasteiger partial charge < -0.3 is 23.8 Å². The Kier molecular flexibility index (Phi) is 8.07. The number of halogens is 2. The number of aliphatic hydroxyl groups excluding tert-OH is 1. The number of hydrogen-bond acceptors (Lipinski definition) is 6. The summed E-state index contributed by atoms with van der Waals surface area (Å²) < 4.78 is 25.5. The molecule has 3 aliphatic heterocycles. The van der Waals surface area contributed by atoms with Crippen molar-refractivity contribution in [2.75, 3.05) is 23.0 Å². The van der Waals surface area contributed by atoms with Crippen molar-refractivity contribution in [3.63, 3.8) is 0 Å². The van der Waals surface area contributed by atoms with Crippen LogP contribution in [0.25, 0.3) is 0 Å². The van der Waals surface area contributed by atoms with Gasteiger partial charge in [0, 0.05) is 65.9 Å². The van der Waals surface area contributed by atoms with E-state index in [2.05, 4.69) is 26.2 Å². The second kappa shape index (κ2) is 11.5. The van der Waals surface area contributed by atoms with Crippen LogP contribution in [0.3, 0.4) is 0 Å². The van der Waals surface area contributed by atoms with Gasteiger partial charge >= 0.3 is 0 Å². The van der Waals surface area contributed by atoms with E-state index >= 15 is 4.11 Å². The van der Waals surface area contributed by atoms with E-state index in [1.807, 2.05) is 49.4 Å². The van der Waals surface area contributed by atoms with Gasteiger partial charge in [-0.2, -0.15) is 0 Å². The summed E-state index contributed by atoms with van der Waals surface area (Å²) in [5, 5.41) is 17.5. The number of aliphatic hydroxyl groups is 1. The summed E-state index contributed by atoms with van der Waals surface area (Å²) in [5.41, 5.74) is 2.29. The molecule has 2 amide bonds. The Morgan fingerprint density at radius 2 is 1.95 bits per heavy atom. The van der Waals surface area contributed by atoms with E-state index in [0.29, 0.717) is 38.0 Å². The SMILES string of the molecule is C[C@H]1[C@H]([Si](C)(C)F)[C@@H](CCn2cc(CCO)nn2)O[C@]12C(=O)N(Cc1ccc(N3CCCC3=O)cc1)c1ccc(Br)cc12. The number of aryl methyl sites for hydroxylation is 1. The highest BCUT2D eigenvalue weighted by molar-refractivity contribution is 9.10. The lowest BCUT2D eigenvalue weighted by Crippen LogP contribution is -2.45. The van der Waals surface area contributed by atoms with Crippen LogP contribution in [-0.4, -0.2) is 59.6 Å². The minimum atomic E-state index is -3.29. The number of aromatic nitrogens is 3. The van der Waals surface area contributed by atoms with Gasteiger partial charge in [-0.25, -0.2) is 0 Å². The number of benzene rings is 2. The molecule has 228 valence electrons. The summed E-state index contributed by atoms with van der Waals surface area (Å²) >= 11 is 3.59. The molecule has 0 radical (unpaired) electrons. The lowest BCUT2D eigenvalue weighted by molar-refractivity contribution is -0.146. The van der Waals surface area contributed by atoms with Crippen molar-refractivity contribution in [3.05, 3.63) is 70.0 Å². The fraction of sp³-hybridized carbons (Fsp3) is 0.484. The zero-order valence-corrected chi connectivity index (χ0v) is 27.3. The quantitative estimate of drug-likeness (QED) is 0.251. The summed E-state index contributed by atoms with van der Waals surface area (Å²) in [6, 6.07) is 13.6. The monoisotopic (exact) mass is 669 g/mol. The van der Waals surface area contributed by atoms with E-state index in [0.717, 1.165) is 39.9 Å². The molecule has 6 rings (SSSR count). The lowest BCUT2D eigenvalue weighted by atomic mass is 9.82. The highest BCUT2D eigenvalue weighted by atomic mass is 79.9. The van der Waals surface area contributed by atoms with Crippen molar-refractivity contribution in [2.45, 2.75) is 76.0 Å². The molecule has 2 aromatic carbocycles. The molecule has 0 saturated carbocycles. The first-order valence-corrected chi connectivity index (χ1v) is 18.7. The molecule has 43 heavy (non-hydrogen) atoms. The van der Waals surface area contributed by atoms with Gasteiger partial charge in [0.2, 0.25) is 14.3 Å². The molecular formula is C31H37BrFN5O4Si. The number of ether oxygens (including phenoxy) is 1. The van der Waals surface area contributed by atoms with Crippen LogP contribution in [0.4, 0.5) is 15.5 Å². The van der Waals surface area contributed by atoms with Crippen molar-refractivity contribution in [1.82, 2.24) is 15.0 Å². The Bertz CT molecular complexity index is 1530. The summed E-state index contributed by atoms with van der Waals surface area (Å²) in [6.45, 7) is 6.86. The van der Waals surface area contributed by atoms with Crippen molar-refractivity contribution in [3.8, 4) is 0 Å². The molecule has 4 heterocycles. The Hall–Kier alpha value is -2.93. The zero-order chi connectivity index (χ0) is 30.5. The highest BCUT2D eigenvalue weighted by Crippen LogP contribution is 2.60. The molecule has 0 bridgehead atoms. The summed E-state index contributed by atoms with van der Waals surface area (Å²) in [7, 11) is -3.29. The van der Waals surface area contributed by atoms with Crippen LogP contribution in [0.1, 0.15) is 43.0 Å². The van der Waals surface area contributed by atoms with Gasteiger partial charge in [-0.05, 0) is 61.8 Å². The van der Waals surface area contributed by atoms with Crippen molar-refractivity contribution < 1.29 is 23.5 Å². The Labute approximate surface area is 260 Å². The van der Waals surface area contributed by atoms with Crippen LogP contribution in [0.15, 0.2) is 53.1 Å². The number of amides is 2. The molecule has 3 aromatic rings. The van der Waals surface area contributed by atoms with Gasteiger partial charge in [0.25, 0.3) is 5.91 Å². The van der Waals surface area contributed by atoms with Crippen molar-refractivity contribution >= 4 is 47.5 Å². The predicted octanol–water partition coefficient (Wildman–Crippen LogP) is 5.11. The third-order valence-electron chi connectivity index (χ3n) is 9.18. The maximum atomic E-state index is 16.1. The van der Waals surface area contributed by atoms with Gasteiger partial charge in [0.1, 0.15) is 0 Å². The van der Waals surface area contributed by atoms with Gasteiger partial charge in [0.05, 0.1) is 24.0 Å². The average Bonchev–Trinajstić information content (AvgIpc) is 3.71. The van der Waals surface area contributed by atoms with Crippen LogP contribution >= 0.6 is 15.9 Å².